The van der Waals surface area contributed by atoms with Crippen molar-refractivity contribution in [3.8, 4) is 5.75 Å². The van der Waals surface area contributed by atoms with E-state index in [1.54, 1.807) is 7.11 Å². The van der Waals surface area contributed by atoms with Crippen LogP contribution in [0.4, 0.5) is 0 Å². The summed E-state index contributed by atoms with van der Waals surface area (Å²) in [6.45, 7) is 6.63. The van der Waals surface area contributed by atoms with E-state index in [0.717, 1.165) is 55.0 Å². The first-order valence-corrected chi connectivity index (χ1v) is 6.51. The third-order valence-electron chi connectivity index (χ3n) is 3.60. The average Bonchev–Trinajstić information content (AvgIpc) is 2.34. The third-order valence-corrected chi connectivity index (χ3v) is 3.60. The molecule has 1 aliphatic heterocycles. The molecule has 1 aromatic rings. The molecular weight excluding hydrogens is 228 g/mol. The van der Waals surface area contributed by atoms with Gasteiger partial charge in [-0.2, -0.15) is 0 Å². The first-order chi connectivity index (χ1) is 8.61. The number of hydrogen-bond donors (Lipinski definition) is 1. The fraction of sp³-hybridized carbons (Fsp3) is 0.643. The van der Waals surface area contributed by atoms with E-state index in [1.165, 1.54) is 0 Å². The van der Waals surface area contributed by atoms with Crippen LogP contribution in [0.3, 0.4) is 0 Å². The van der Waals surface area contributed by atoms with Gasteiger partial charge in [0.05, 0.1) is 18.9 Å². The molecule has 1 aliphatic rings. The predicted octanol–water partition coefficient (Wildman–Crippen LogP) is 1.66. The molecule has 0 aromatic carbocycles. The number of aryl methyl sites for hydroxylation is 1. The van der Waals surface area contributed by atoms with E-state index >= 15 is 0 Å². The Labute approximate surface area is 109 Å². The van der Waals surface area contributed by atoms with Crippen molar-refractivity contribution in [2.45, 2.75) is 39.3 Å². The summed E-state index contributed by atoms with van der Waals surface area (Å²) in [4.78, 5) is 6.76. The summed E-state index contributed by atoms with van der Waals surface area (Å²) in [5.41, 5.74) is 3.22. The van der Waals surface area contributed by atoms with Crippen molar-refractivity contribution in [3.05, 3.63) is 23.0 Å². The number of β-amino-alcohol motifs (C(OH)–C–C–N with tert-alkyl or cyclic N) is 1. The highest BCUT2D eigenvalue weighted by Gasteiger charge is 2.19. The predicted molar refractivity (Wildman–Crippen MR) is 70.8 cm³/mol. The Kier molecular flexibility index (Phi) is 4.19. The van der Waals surface area contributed by atoms with Crippen LogP contribution in [-0.4, -0.2) is 41.3 Å². The zero-order chi connectivity index (χ0) is 13.1. The van der Waals surface area contributed by atoms with Gasteiger partial charge in [-0.15, -0.1) is 0 Å². The molecule has 0 saturated carbocycles. The maximum Gasteiger partial charge on any atom is 0.128 e. The molecule has 1 aromatic heterocycles. The number of likely N-dealkylation sites (tertiary alicyclic amines) is 1. The van der Waals surface area contributed by atoms with Crippen molar-refractivity contribution in [1.29, 1.82) is 0 Å². The Morgan fingerprint density at radius 3 is 2.94 bits per heavy atom. The van der Waals surface area contributed by atoms with Crippen molar-refractivity contribution in [2.24, 2.45) is 0 Å². The Morgan fingerprint density at radius 2 is 2.28 bits per heavy atom. The summed E-state index contributed by atoms with van der Waals surface area (Å²) in [5, 5.41) is 9.69. The van der Waals surface area contributed by atoms with Gasteiger partial charge in [0.25, 0.3) is 0 Å². The van der Waals surface area contributed by atoms with Crippen molar-refractivity contribution in [2.75, 3.05) is 20.2 Å². The zero-order valence-corrected chi connectivity index (χ0v) is 11.4. The largest absolute Gasteiger partial charge is 0.496 e. The first-order valence-electron chi connectivity index (χ1n) is 6.51. The number of aromatic nitrogens is 1. The van der Waals surface area contributed by atoms with Crippen LogP contribution in [0.5, 0.6) is 5.75 Å². The highest BCUT2D eigenvalue weighted by atomic mass is 16.5. The lowest BCUT2D eigenvalue weighted by Gasteiger charge is -2.30. The maximum atomic E-state index is 9.69. The zero-order valence-electron chi connectivity index (χ0n) is 11.4. The van der Waals surface area contributed by atoms with Gasteiger partial charge in [0.2, 0.25) is 0 Å². The molecule has 1 saturated heterocycles. The highest BCUT2D eigenvalue weighted by Crippen LogP contribution is 2.25. The normalized spacial score (nSPS) is 21.0. The van der Waals surface area contributed by atoms with Crippen molar-refractivity contribution in [3.63, 3.8) is 0 Å². The molecule has 0 spiro atoms. The van der Waals surface area contributed by atoms with Crippen LogP contribution < -0.4 is 4.74 Å². The molecule has 4 heteroatoms. The fourth-order valence-corrected chi connectivity index (χ4v) is 2.62. The molecule has 4 nitrogen and oxygen atoms in total. The lowest BCUT2D eigenvalue weighted by Crippen LogP contribution is -2.38. The van der Waals surface area contributed by atoms with Crippen molar-refractivity contribution < 1.29 is 9.84 Å². The lowest BCUT2D eigenvalue weighted by atomic mass is 10.1. The number of rotatable bonds is 3. The summed E-state index contributed by atoms with van der Waals surface area (Å²) >= 11 is 0. The number of hydrogen-bond acceptors (Lipinski definition) is 4. The molecule has 18 heavy (non-hydrogen) atoms. The van der Waals surface area contributed by atoms with Gasteiger partial charge in [-0.3, -0.25) is 9.88 Å². The number of aliphatic hydroxyl groups excluding tert-OH is 1. The van der Waals surface area contributed by atoms with Crippen LogP contribution in [0.25, 0.3) is 0 Å². The van der Waals surface area contributed by atoms with Gasteiger partial charge in [0, 0.05) is 30.4 Å². The second-order valence-electron chi connectivity index (χ2n) is 5.08. The quantitative estimate of drug-likeness (QED) is 0.886. The standard InChI is InChI=1S/C14H22N2O2/c1-10-7-15-13(11(2)14(10)18-3)9-16-6-4-5-12(17)8-16/h7,12,17H,4-6,8-9H2,1-3H3/t12-/m0/s1. The molecular formula is C14H22N2O2. The molecule has 2 heterocycles. The second kappa shape index (κ2) is 5.67. The van der Waals surface area contributed by atoms with Gasteiger partial charge in [-0.1, -0.05) is 0 Å². The van der Waals surface area contributed by atoms with Gasteiger partial charge in [-0.05, 0) is 33.2 Å². The molecule has 0 bridgehead atoms. The van der Waals surface area contributed by atoms with Gasteiger partial charge < -0.3 is 9.84 Å². The van der Waals surface area contributed by atoms with E-state index in [2.05, 4.69) is 16.8 Å². The molecule has 0 radical (unpaired) electrons. The Balaban J connectivity index is 2.14. The van der Waals surface area contributed by atoms with Crippen LogP contribution in [0.1, 0.15) is 29.7 Å². The lowest BCUT2D eigenvalue weighted by molar-refractivity contribution is 0.0660. The van der Waals surface area contributed by atoms with E-state index in [0.29, 0.717) is 0 Å². The minimum atomic E-state index is -0.189. The SMILES string of the molecule is COc1c(C)cnc(CN2CCC[C@H](O)C2)c1C. The smallest absolute Gasteiger partial charge is 0.128 e. The van der Waals surface area contributed by atoms with Gasteiger partial charge in [0.15, 0.2) is 0 Å². The summed E-state index contributed by atoms with van der Waals surface area (Å²) < 4.78 is 5.42. The van der Waals surface area contributed by atoms with Crippen LogP contribution >= 0.6 is 0 Å². The molecule has 1 N–H and O–H groups in total. The minimum absolute atomic E-state index is 0.189. The summed E-state index contributed by atoms with van der Waals surface area (Å²) in [6.07, 6.45) is 3.65. The fourth-order valence-electron chi connectivity index (χ4n) is 2.62. The summed E-state index contributed by atoms with van der Waals surface area (Å²) in [5.74, 6) is 0.928. The number of methoxy groups -OCH3 is 1. The van der Waals surface area contributed by atoms with Gasteiger partial charge in [0.1, 0.15) is 5.75 Å². The monoisotopic (exact) mass is 250 g/mol. The second-order valence-corrected chi connectivity index (χ2v) is 5.08. The molecule has 1 atom stereocenters. The number of ether oxygens (including phenoxy) is 1. The third kappa shape index (κ3) is 2.82. The average molecular weight is 250 g/mol. The molecule has 0 aliphatic carbocycles. The van der Waals surface area contributed by atoms with E-state index in [9.17, 15) is 5.11 Å². The van der Waals surface area contributed by atoms with Crippen molar-refractivity contribution >= 4 is 0 Å². The van der Waals surface area contributed by atoms with Crippen LogP contribution in [0.15, 0.2) is 6.20 Å². The topological polar surface area (TPSA) is 45.6 Å². The van der Waals surface area contributed by atoms with E-state index in [1.807, 2.05) is 13.1 Å². The molecule has 0 unspecified atom stereocenters. The van der Waals surface area contributed by atoms with Crippen LogP contribution in [0, 0.1) is 13.8 Å². The summed E-state index contributed by atoms with van der Waals surface area (Å²) in [6, 6.07) is 0. The molecule has 2 rings (SSSR count). The number of aliphatic hydroxyl groups is 1. The van der Waals surface area contributed by atoms with Gasteiger partial charge in [-0.25, -0.2) is 0 Å². The molecule has 0 amide bonds. The van der Waals surface area contributed by atoms with Crippen molar-refractivity contribution in [1.82, 2.24) is 9.88 Å². The number of pyridine rings is 1. The van der Waals surface area contributed by atoms with E-state index in [-0.39, 0.29) is 6.10 Å². The van der Waals surface area contributed by atoms with E-state index < -0.39 is 0 Å². The van der Waals surface area contributed by atoms with Crippen LogP contribution in [0.2, 0.25) is 0 Å². The minimum Gasteiger partial charge on any atom is -0.496 e. The van der Waals surface area contributed by atoms with Gasteiger partial charge >= 0.3 is 0 Å². The Morgan fingerprint density at radius 1 is 1.50 bits per heavy atom. The van der Waals surface area contributed by atoms with E-state index in [4.69, 9.17) is 4.74 Å². The van der Waals surface area contributed by atoms with Crippen LogP contribution in [-0.2, 0) is 6.54 Å². The highest BCUT2D eigenvalue weighted by molar-refractivity contribution is 5.41. The number of nitrogens with zero attached hydrogens (tertiary/aromatic N) is 2. The maximum absolute atomic E-state index is 9.69. The Hall–Kier alpha value is -1.13. The number of piperidine rings is 1. The molecule has 1 fully saturated rings. The Bertz CT molecular complexity index is 421. The summed E-state index contributed by atoms with van der Waals surface area (Å²) in [7, 11) is 1.70. The molecule has 100 valence electrons. The first kappa shape index (κ1) is 13.3.